The lowest BCUT2D eigenvalue weighted by Gasteiger charge is -2.08. The number of aryl methyl sites for hydroxylation is 1. The molecule has 0 amide bonds. The van der Waals surface area contributed by atoms with Gasteiger partial charge in [0.1, 0.15) is 17.1 Å². The summed E-state index contributed by atoms with van der Waals surface area (Å²) in [6, 6.07) is 10.1. The topological polar surface area (TPSA) is 121 Å². The number of ether oxygens (including phenoxy) is 1. The molecule has 3 aromatic rings. The van der Waals surface area contributed by atoms with Crippen molar-refractivity contribution in [1.82, 2.24) is 9.38 Å². The van der Waals surface area contributed by atoms with Crippen LogP contribution in [0.1, 0.15) is 21.7 Å². The average Bonchev–Trinajstić information content (AvgIpc) is 2.59. The second-order valence-corrected chi connectivity index (χ2v) is 7.65. The molecule has 3 rings (SSSR count). The van der Waals surface area contributed by atoms with Gasteiger partial charge in [0.2, 0.25) is 10.0 Å². The quantitative estimate of drug-likeness (QED) is 0.656. The molecular weight excluding hydrogens is 394 g/mol. The normalized spacial score (nSPS) is 11.5. The number of halogens is 1. The van der Waals surface area contributed by atoms with E-state index in [4.69, 9.17) is 21.5 Å². The molecule has 1 aromatic carbocycles. The molecule has 2 aromatic heterocycles. The van der Waals surface area contributed by atoms with Gasteiger partial charge in [-0.25, -0.2) is 23.3 Å². The number of hydrogen-bond donors (Lipinski definition) is 1. The smallest absolute Gasteiger partial charge is 0.338 e. The van der Waals surface area contributed by atoms with Crippen molar-refractivity contribution in [2.75, 3.05) is 0 Å². The zero-order chi connectivity index (χ0) is 19.8. The zero-order valence-electron chi connectivity index (χ0n) is 14.0. The number of primary sulfonamides is 1. The van der Waals surface area contributed by atoms with Gasteiger partial charge in [0.05, 0.1) is 16.3 Å². The van der Waals surface area contributed by atoms with Crippen molar-refractivity contribution in [1.29, 1.82) is 0 Å². The highest BCUT2D eigenvalue weighted by Gasteiger charge is 2.17. The highest BCUT2D eigenvalue weighted by molar-refractivity contribution is 7.89. The van der Waals surface area contributed by atoms with Gasteiger partial charge >= 0.3 is 5.97 Å². The maximum Gasteiger partial charge on any atom is 0.338 e. The molecule has 0 spiro atoms. The third-order valence-corrected chi connectivity index (χ3v) is 5.15. The highest BCUT2D eigenvalue weighted by Crippen LogP contribution is 2.22. The molecule has 0 atom stereocenters. The van der Waals surface area contributed by atoms with Crippen molar-refractivity contribution < 1.29 is 17.9 Å². The Kier molecular flexibility index (Phi) is 5.01. The number of pyridine rings is 1. The summed E-state index contributed by atoms with van der Waals surface area (Å²) in [5.74, 6) is -0.803. The van der Waals surface area contributed by atoms with E-state index >= 15 is 0 Å². The van der Waals surface area contributed by atoms with E-state index in [1.54, 1.807) is 25.1 Å². The molecule has 0 aliphatic heterocycles. The first-order valence-electron chi connectivity index (χ1n) is 7.64. The van der Waals surface area contributed by atoms with E-state index in [1.165, 1.54) is 22.6 Å². The lowest BCUT2D eigenvalue weighted by Crippen LogP contribution is -2.18. The van der Waals surface area contributed by atoms with Crippen LogP contribution in [-0.2, 0) is 21.4 Å². The minimum Gasteiger partial charge on any atom is -0.456 e. The second-order valence-electron chi connectivity index (χ2n) is 5.71. The third-order valence-electron chi connectivity index (χ3n) is 3.76. The molecule has 0 aliphatic rings. The lowest BCUT2D eigenvalue weighted by atomic mass is 10.2. The Morgan fingerprint density at radius 3 is 2.70 bits per heavy atom. The van der Waals surface area contributed by atoms with Crippen LogP contribution in [-0.4, -0.2) is 23.8 Å². The number of fused-ring (bicyclic) bond motifs is 1. The first-order chi connectivity index (χ1) is 12.7. The van der Waals surface area contributed by atoms with E-state index in [0.717, 1.165) is 11.8 Å². The van der Waals surface area contributed by atoms with Gasteiger partial charge < -0.3 is 4.74 Å². The Morgan fingerprint density at radius 2 is 2.00 bits per heavy atom. The van der Waals surface area contributed by atoms with Crippen molar-refractivity contribution in [3.05, 3.63) is 74.8 Å². The minimum atomic E-state index is -4.09. The lowest BCUT2D eigenvalue weighted by molar-refractivity contribution is 0.0467. The number of nitrogens with zero attached hydrogens (tertiary/aromatic N) is 2. The summed E-state index contributed by atoms with van der Waals surface area (Å²) >= 11 is 5.79. The summed E-state index contributed by atoms with van der Waals surface area (Å²) in [6.45, 7) is 1.52. The molecule has 2 N–H and O–H groups in total. The van der Waals surface area contributed by atoms with Gasteiger partial charge in [-0.2, -0.15) is 0 Å². The molecule has 27 heavy (non-hydrogen) atoms. The fraction of sp³-hybridized carbons (Fsp3) is 0.118. The van der Waals surface area contributed by atoms with Gasteiger partial charge in [-0.1, -0.05) is 17.7 Å². The highest BCUT2D eigenvalue weighted by atomic mass is 35.5. The monoisotopic (exact) mass is 407 g/mol. The van der Waals surface area contributed by atoms with E-state index in [1.807, 2.05) is 0 Å². The molecule has 10 heteroatoms. The van der Waals surface area contributed by atoms with Crippen molar-refractivity contribution in [2.45, 2.75) is 18.4 Å². The molecule has 0 saturated carbocycles. The number of nitrogens with two attached hydrogens (primary N) is 1. The first-order valence-corrected chi connectivity index (χ1v) is 9.57. The number of hydrogen-bond acceptors (Lipinski definition) is 6. The Balaban J connectivity index is 1.84. The van der Waals surface area contributed by atoms with E-state index in [-0.39, 0.29) is 33.3 Å². The van der Waals surface area contributed by atoms with Crippen molar-refractivity contribution in [2.24, 2.45) is 5.14 Å². The maximum atomic E-state index is 12.2. The zero-order valence-corrected chi connectivity index (χ0v) is 15.6. The molecule has 0 aliphatic carbocycles. The van der Waals surface area contributed by atoms with E-state index in [2.05, 4.69) is 4.98 Å². The number of carbonyl (C=O) groups excluding carboxylic acids is 1. The average molecular weight is 408 g/mol. The van der Waals surface area contributed by atoms with Gasteiger partial charge in [-0.3, -0.25) is 9.20 Å². The number of sulfonamides is 1. The van der Waals surface area contributed by atoms with Crippen LogP contribution in [0.25, 0.3) is 5.65 Å². The molecular formula is C17H14ClN3O5S. The summed E-state index contributed by atoms with van der Waals surface area (Å²) in [7, 11) is -4.09. The standard InChI is InChI=1S/C17H14ClN3O5S/c1-10-3-2-4-15-20-12(8-16(22)21(10)15)9-26-17(23)11-5-6-13(18)14(7-11)27(19,24)25/h2-8H,9H2,1H3,(H2,19,24,25). The number of esters is 1. The minimum absolute atomic E-state index is 0.0446. The van der Waals surface area contributed by atoms with Gasteiger partial charge in [0, 0.05) is 11.8 Å². The summed E-state index contributed by atoms with van der Waals surface area (Å²) < 4.78 is 29.5. The SMILES string of the molecule is Cc1cccc2nc(COC(=O)c3ccc(Cl)c(S(N)(=O)=O)c3)cc(=O)n12. The van der Waals surface area contributed by atoms with Gasteiger partial charge in [0.15, 0.2) is 0 Å². The van der Waals surface area contributed by atoms with Crippen LogP contribution < -0.4 is 10.7 Å². The van der Waals surface area contributed by atoms with Crippen LogP contribution in [0.3, 0.4) is 0 Å². The molecule has 0 saturated heterocycles. The number of carbonyl (C=O) groups is 1. The van der Waals surface area contributed by atoms with Crippen molar-refractivity contribution >= 4 is 33.2 Å². The molecule has 0 fully saturated rings. The first kappa shape index (κ1) is 19.0. The Bertz CT molecular complexity index is 1220. The second kappa shape index (κ2) is 7.10. The maximum absolute atomic E-state index is 12.2. The van der Waals surface area contributed by atoms with Crippen LogP contribution in [0, 0.1) is 6.92 Å². The third kappa shape index (κ3) is 4.00. The largest absolute Gasteiger partial charge is 0.456 e. The van der Waals surface area contributed by atoms with Crippen LogP contribution in [0.4, 0.5) is 0 Å². The molecule has 2 heterocycles. The molecule has 140 valence electrons. The number of rotatable bonds is 4. The number of benzene rings is 1. The Labute approximate surface area is 159 Å². The summed E-state index contributed by atoms with van der Waals surface area (Å²) in [4.78, 5) is 28.3. The Hall–Kier alpha value is -2.75. The predicted molar refractivity (Wildman–Crippen MR) is 98.1 cm³/mol. The summed E-state index contributed by atoms with van der Waals surface area (Å²) in [5, 5.41) is 4.96. The van der Waals surface area contributed by atoms with Crippen LogP contribution in [0.15, 0.2) is 52.2 Å². The molecule has 8 nitrogen and oxygen atoms in total. The van der Waals surface area contributed by atoms with Crippen molar-refractivity contribution in [3.63, 3.8) is 0 Å². The van der Waals surface area contributed by atoms with Gasteiger partial charge in [0.25, 0.3) is 5.56 Å². The molecule has 0 bridgehead atoms. The predicted octanol–water partition coefficient (Wildman–Crippen LogP) is 1.66. The molecule has 0 radical (unpaired) electrons. The number of aromatic nitrogens is 2. The van der Waals surface area contributed by atoms with Gasteiger partial charge in [-0.05, 0) is 37.3 Å². The summed E-state index contributed by atoms with van der Waals surface area (Å²) in [6.07, 6.45) is 0. The van der Waals surface area contributed by atoms with Crippen LogP contribution in [0.2, 0.25) is 5.02 Å². The van der Waals surface area contributed by atoms with Crippen LogP contribution >= 0.6 is 11.6 Å². The summed E-state index contributed by atoms with van der Waals surface area (Å²) in [5.41, 5.74) is 1.07. The van der Waals surface area contributed by atoms with E-state index < -0.39 is 16.0 Å². The van der Waals surface area contributed by atoms with E-state index in [9.17, 15) is 18.0 Å². The Morgan fingerprint density at radius 1 is 1.26 bits per heavy atom. The fourth-order valence-corrected chi connectivity index (χ4v) is 3.58. The van der Waals surface area contributed by atoms with Crippen molar-refractivity contribution in [3.8, 4) is 0 Å². The van der Waals surface area contributed by atoms with Gasteiger partial charge in [-0.15, -0.1) is 0 Å². The fourth-order valence-electron chi connectivity index (χ4n) is 2.51. The van der Waals surface area contributed by atoms with E-state index in [0.29, 0.717) is 5.65 Å². The molecule has 0 unspecified atom stereocenters. The van der Waals surface area contributed by atoms with Crippen LogP contribution in [0.5, 0.6) is 0 Å².